The predicted octanol–water partition coefficient (Wildman–Crippen LogP) is 1.99. The molecule has 0 aromatic heterocycles. The van der Waals surface area contributed by atoms with E-state index in [-0.39, 0.29) is 11.7 Å². The van der Waals surface area contributed by atoms with Crippen molar-refractivity contribution < 1.29 is 22.7 Å². The zero-order chi connectivity index (χ0) is 17.2. The van der Waals surface area contributed by atoms with E-state index >= 15 is 0 Å². The molecule has 0 spiro atoms. The van der Waals surface area contributed by atoms with Crippen LogP contribution in [0.3, 0.4) is 0 Å². The smallest absolute Gasteiger partial charge is 0.241 e. The summed E-state index contributed by atoms with van der Waals surface area (Å²) in [5, 5.41) is 2.90. The molecule has 0 fully saturated rings. The van der Waals surface area contributed by atoms with Crippen LogP contribution in [0.2, 0.25) is 5.02 Å². The van der Waals surface area contributed by atoms with Gasteiger partial charge in [-0.1, -0.05) is 23.7 Å². The summed E-state index contributed by atoms with van der Waals surface area (Å²) in [4.78, 5) is 11.9. The Morgan fingerprint density at radius 2 is 1.88 bits per heavy atom. The molecule has 0 saturated heterocycles. The lowest BCUT2D eigenvalue weighted by Gasteiger charge is -2.09. The summed E-state index contributed by atoms with van der Waals surface area (Å²) < 4.78 is 37.0. The number of para-hydroxylation sites is 1. The van der Waals surface area contributed by atoms with Gasteiger partial charge in [0.05, 0.1) is 22.2 Å². The molecule has 9 heteroatoms. The number of ether oxygens (including phenoxy) is 2. The molecule has 0 aliphatic carbocycles. The molecular weight excluding hydrogens is 356 g/mol. The van der Waals surface area contributed by atoms with E-state index in [0.29, 0.717) is 22.2 Å². The number of carbonyl (C=O) groups is 1. The Bertz CT molecular complexity index is 885. The van der Waals surface area contributed by atoms with E-state index in [1.165, 1.54) is 18.2 Å². The molecule has 0 bridgehead atoms. The molecule has 3 rings (SSSR count). The maximum absolute atomic E-state index is 12.2. The Labute approximate surface area is 143 Å². The van der Waals surface area contributed by atoms with Crippen molar-refractivity contribution in [2.75, 3.05) is 18.7 Å². The average Bonchev–Trinajstić information content (AvgIpc) is 3.03. The first kappa shape index (κ1) is 16.6. The van der Waals surface area contributed by atoms with Crippen LogP contribution in [-0.4, -0.2) is 27.7 Å². The molecule has 1 aliphatic rings. The number of benzene rings is 2. The fourth-order valence-corrected chi connectivity index (χ4v) is 3.23. The van der Waals surface area contributed by atoms with Gasteiger partial charge in [-0.15, -0.1) is 0 Å². The number of hydrogen-bond donors (Lipinski definition) is 2. The van der Waals surface area contributed by atoms with Crippen molar-refractivity contribution >= 4 is 33.2 Å². The van der Waals surface area contributed by atoms with Gasteiger partial charge in [0.25, 0.3) is 0 Å². The van der Waals surface area contributed by atoms with Crippen LogP contribution in [0, 0.1) is 0 Å². The number of sulfonamides is 1. The van der Waals surface area contributed by atoms with E-state index < -0.39 is 22.5 Å². The second kappa shape index (κ2) is 6.68. The van der Waals surface area contributed by atoms with E-state index in [2.05, 4.69) is 10.0 Å². The Hall–Kier alpha value is -2.29. The molecule has 1 amide bonds. The molecular formula is C15H13ClN2O5S. The first-order valence-corrected chi connectivity index (χ1v) is 8.75. The average molecular weight is 369 g/mol. The van der Waals surface area contributed by atoms with Gasteiger partial charge < -0.3 is 14.8 Å². The molecule has 0 atom stereocenters. The molecule has 2 aromatic rings. The highest BCUT2D eigenvalue weighted by atomic mass is 35.5. The minimum Gasteiger partial charge on any atom is -0.454 e. The number of carbonyl (C=O) groups excluding carboxylic acids is 1. The van der Waals surface area contributed by atoms with Crippen LogP contribution < -0.4 is 19.5 Å². The van der Waals surface area contributed by atoms with Crippen LogP contribution in [0.15, 0.2) is 47.4 Å². The maximum Gasteiger partial charge on any atom is 0.241 e. The molecule has 2 N–H and O–H groups in total. The normalized spacial score (nSPS) is 12.9. The van der Waals surface area contributed by atoms with Gasteiger partial charge in [-0.3, -0.25) is 4.79 Å². The summed E-state index contributed by atoms with van der Waals surface area (Å²) in [5.41, 5.74) is 0.409. The molecule has 24 heavy (non-hydrogen) atoms. The minimum atomic E-state index is -3.86. The first-order valence-electron chi connectivity index (χ1n) is 6.89. The lowest BCUT2D eigenvalue weighted by molar-refractivity contribution is -0.115. The summed E-state index contributed by atoms with van der Waals surface area (Å²) in [6.45, 7) is -0.380. The molecule has 0 unspecified atom stereocenters. The van der Waals surface area contributed by atoms with Crippen molar-refractivity contribution in [2.24, 2.45) is 0 Å². The largest absolute Gasteiger partial charge is 0.454 e. The van der Waals surface area contributed by atoms with E-state index in [1.807, 2.05) is 0 Å². The van der Waals surface area contributed by atoms with Crippen molar-refractivity contribution in [2.45, 2.75) is 4.90 Å². The number of rotatable bonds is 5. The lowest BCUT2D eigenvalue weighted by atomic mass is 10.3. The quantitative estimate of drug-likeness (QED) is 0.841. The van der Waals surface area contributed by atoms with Gasteiger partial charge in [-0.25, -0.2) is 13.1 Å². The molecule has 7 nitrogen and oxygen atoms in total. The second-order valence-corrected chi connectivity index (χ2v) is 7.04. The van der Waals surface area contributed by atoms with Crippen LogP contribution in [0.4, 0.5) is 5.69 Å². The number of amides is 1. The van der Waals surface area contributed by atoms with Gasteiger partial charge in [0.15, 0.2) is 11.5 Å². The number of fused-ring (bicyclic) bond motifs is 1. The van der Waals surface area contributed by atoms with E-state index in [9.17, 15) is 13.2 Å². The highest BCUT2D eigenvalue weighted by Crippen LogP contribution is 2.33. The second-order valence-electron chi connectivity index (χ2n) is 4.87. The predicted molar refractivity (Wildman–Crippen MR) is 87.8 cm³/mol. The molecule has 0 radical (unpaired) electrons. The third-order valence-corrected chi connectivity index (χ3v) is 4.95. The SMILES string of the molecule is O=C(CNS(=O)(=O)c1ccc2c(c1)OCO2)Nc1ccccc1Cl. The van der Waals surface area contributed by atoms with Gasteiger partial charge >= 0.3 is 0 Å². The third-order valence-electron chi connectivity index (χ3n) is 3.23. The minimum absolute atomic E-state index is 0.0164. The van der Waals surface area contributed by atoms with Crippen molar-refractivity contribution in [3.8, 4) is 11.5 Å². The van der Waals surface area contributed by atoms with E-state index in [1.54, 1.807) is 24.3 Å². The zero-order valence-corrected chi connectivity index (χ0v) is 13.9. The summed E-state index contributed by atoms with van der Waals surface area (Å²) in [6.07, 6.45) is 0. The summed E-state index contributed by atoms with van der Waals surface area (Å²) in [6, 6.07) is 10.9. The Morgan fingerprint density at radius 3 is 2.67 bits per heavy atom. The van der Waals surface area contributed by atoms with Crippen molar-refractivity contribution in [1.29, 1.82) is 0 Å². The fourth-order valence-electron chi connectivity index (χ4n) is 2.04. The molecule has 1 aliphatic heterocycles. The van der Waals surface area contributed by atoms with Crippen LogP contribution in [0.25, 0.3) is 0 Å². The number of anilines is 1. The van der Waals surface area contributed by atoms with Gasteiger partial charge in [0.2, 0.25) is 22.7 Å². The zero-order valence-electron chi connectivity index (χ0n) is 12.3. The third kappa shape index (κ3) is 3.61. The Balaban J connectivity index is 1.65. The van der Waals surface area contributed by atoms with Gasteiger partial charge in [-0.2, -0.15) is 0 Å². The van der Waals surface area contributed by atoms with Gasteiger partial charge in [0.1, 0.15) is 0 Å². The number of hydrogen-bond acceptors (Lipinski definition) is 5. The number of nitrogens with one attached hydrogen (secondary N) is 2. The molecule has 126 valence electrons. The molecule has 0 saturated carbocycles. The van der Waals surface area contributed by atoms with Crippen molar-refractivity contribution in [3.63, 3.8) is 0 Å². The lowest BCUT2D eigenvalue weighted by Crippen LogP contribution is -2.32. The Morgan fingerprint density at radius 1 is 1.12 bits per heavy atom. The summed E-state index contributed by atoms with van der Waals surface area (Å²) >= 11 is 5.93. The maximum atomic E-state index is 12.2. The summed E-state index contributed by atoms with van der Waals surface area (Å²) in [5.74, 6) is 0.288. The van der Waals surface area contributed by atoms with Crippen LogP contribution in [0.5, 0.6) is 11.5 Å². The fraction of sp³-hybridized carbons (Fsp3) is 0.133. The molecule has 2 aromatic carbocycles. The van der Waals surface area contributed by atoms with Crippen LogP contribution in [0.1, 0.15) is 0 Å². The van der Waals surface area contributed by atoms with Crippen LogP contribution in [-0.2, 0) is 14.8 Å². The standard InChI is InChI=1S/C15H13ClN2O5S/c16-11-3-1-2-4-12(11)18-15(19)8-17-24(20,21)10-5-6-13-14(7-10)23-9-22-13/h1-7,17H,8-9H2,(H,18,19). The Kier molecular flexibility index (Phi) is 4.61. The summed E-state index contributed by atoms with van der Waals surface area (Å²) in [7, 11) is -3.86. The monoisotopic (exact) mass is 368 g/mol. The first-order chi connectivity index (χ1) is 11.5. The topological polar surface area (TPSA) is 93.7 Å². The van der Waals surface area contributed by atoms with Gasteiger partial charge in [-0.05, 0) is 24.3 Å². The molecule has 1 heterocycles. The van der Waals surface area contributed by atoms with E-state index in [4.69, 9.17) is 21.1 Å². The highest BCUT2D eigenvalue weighted by Gasteiger charge is 2.21. The van der Waals surface area contributed by atoms with Crippen LogP contribution >= 0.6 is 11.6 Å². The number of halogens is 1. The van der Waals surface area contributed by atoms with Crippen molar-refractivity contribution in [3.05, 3.63) is 47.5 Å². The van der Waals surface area contributed by atoms with E-state index in [0.717, 1.165) is 0 Å². The highest BCUT2D eigenvalue weighted by molar-refractivity contribution is 7.89. The van der Waals surface area contributed by atoms with Gasteiger partial charge in [0, 0.05) is 6.07 Å². The van der Waals surface area contributed by atoms with Crippen molar-refractivity contribution in [1.82, 2.24) is 4.72 Å².